The molecular formula is C11H17BN2O2. The summed E-state index contributed by atoms with van der Waals surface area (Å²) in [5.74, 6) is 0. The predicted octanol–water partition coefficient (Wildman–Crippen LogP) is 1.08. The van der Waals surface area contributed by atoms with Crippen molar-refractivity contribution >= 4 is 12.7 Å². The van der Waals surface area contributed by atoms with Gasteiger partial charge in [0, 0.05) is 16.5 Å². The van der Waals surface area contributed by atoms with Crippen LogP contribution < -0.4 is 5.59 Å². The molecule has 0 saturated carbocycles. The van der Waals surface area contributed by atoms with Crippen molar-refractivity contribution in [3.05, 3.63) is 18.1 Å². The molecule has 2 rings (SSSR count). The van der Waals surface area contributed by atoms with Crippen molar-refractivity contribution in [3.63, 3.8) is 0 Å². The van der Waals surface area contributed by atoms with Gasteiger partial charge in [-0.3, -0.25) is 9.97 Å². The number of nitrogens with zero attached hydrogens (tertiary/aromatic N) is 2. The van der Waals surface area contributed by atoms with E-state index >= 15 is 0 Å². The third kappa shape index (κ3) is 1.85. The van der Waals surface area contributed by atoms with Crippen LogP contribution in [0.2, 0.25) is 0 Å². The summed E-state index contributed by atoms with van der Waals surface area (Å²) in [5.41, 5.74) is -0.656. The molecular weight excluding hydrogens is 203 g/mol. The van der Waals surface area contributed by atoms with Gasteiger partial charge in [-0.1, -0.05) is 0 Å². The van der Waals surface area contributed by atoms with Crippen molar-refractivity contribution in [3.8, 4) is 0 Å². The fourth-order valence-corrected chi connectivity index (χ4v) is 1.46. The van der Waals surface area contributed by atoms with Gasteiger partial charge in [0.2, 0.25) is 0 Å². The molecule has 0 unspecified atom stereocenters. The average molecular weight is 223 g/mol. The lowest BCUT2D eigenvalue weighted by atomic mass is 9.85. The highest BCUT2D eigenvalue weighted by Gasteiger charge is 2.52. The van der Waals surface area contributed by atoms with Gasteiger partial charge >= 0.3 is 7.12 Å². The smallest absolute Gasteiger partial charge is 0.398 e. The summed E-state index contributed by atoms with van der Waals surface area (Å²) in [4.78, 5) is 7.99. The van der Waals surface area contributed by atoms with E-state index in [2.05, 4.69) is 9.97 Å². The summed E-state index contributed by atoms with van der Waals surface area (Å²) >= 11 is 0. The largest absolute Gasteiger partial charge is 0.516 e. The van der Waals surface area contributed by atoms with Crippen LogP contribution in [0.1, 0.15) is 37.5 Å². The van der Waals surface area contributed by atoms with Gasteiger partial charge in [-0.05, 0) is 34.5 Å². The molecule has 1 aliphatic rings. The maximum Gasteiger partial charge on any atom is 0.516 e. The molecule has 16 heavy (non-hydrogen) atoms. The minimum atomic E-state index is -2.29. The molecule has 1 fully saturated rings. The van der Waals surface area contributed by atoms with E-state index in [4.69, 9.17) is 13.4 Å². The second kappa shape index (κ2) is 3.53. The normalized spacial score (nSPS) is 26.0. The fraction of sp³-hybridized carbons (Fsp3) is 0.636. The van der Waals surface area contributed by atoms with Crippen molar-refractivity contribution in [2.75, 3.05) is 0 Å². The third-order valence-corrected chi connectivity index (χ3v) is 3.15. The summed E-state index contributed by atoms with van der Waals surface area (Å²) in [6.07, 6.45) is 2.71. The van der Waals surface area contributed by atoms with Crippen LogP contribution in [-0.4, -0.2) is 28.3 Å². The van der Waals surface area contributed by atoms with Gasteiger partial charge in [-0.15, -0.1) is 0 Å². The van der Waals surface area contributed by atoms with Crippen molar-refractivity contribution in [2.45, 2.75) is 45.7 Å². The highest BCUT2D eigenvalue weighted by Crippen LogP contribution is 2.36. The lowest BCUT2D eigenvalue weighted by Crippen LogP contribution is -2.41. The molecule has 0 aromatic carbocycles. The molecule has 4 nitrogen and oxygen atoms in total. The second-order valence-corrected chi connectivity index (χ2v) is 4.92. The molecule has 1 aromatic rings. The van der Waals surface area contributed by atoms with Crippen LogP contribution in [0, 0.1) is 6.85 Å². The lowest BCUT2D eigenvalue weighted by molar-refractivity contribution is 0.00578. The number of aryl methyl sites for hydroxylation is 1. The molecule has 0 atom stereocenters. The van der Waals surface area contributed by atoms with Gasteiger partial charge in [0.15, 0.2) is 0 Å². The van der Waals surface area contributed by atoms with Crippen LogP contribution in [0.4, 0.5) is 0 Å². The zero-order valence-corrected chi connectivity index (χ0v) is 9.94. The van der Waals surface area contributed by atoms with Gasteiger partial charge in [-0.2, -0.15) is 0 Å². The molecule has 0 aliphatic carbocycles. The minimum Gasteiger partial charge on any atom is -0.398 e. The molecule has 1 aromatic heterocycles. The Morgan fingerprint density at radius 1 is 1.19 bits per heavy atom. The first-order valence-electron chi connectivity index (χ1n) is 6.71. The van der Waals surface area contributed by atoms with Crippen LogP contribution in [0.3, 0.4) is 0 Å². The molecule has 1 saturated heterocycles. The molecule has 0 spiro atoms. The second-order valence-electron chi connectivity index (χ2n) is 4.92. The van der Waals surface area contributed by atoms with Crippen LogP contribution in [0.15, 0.2) is 12.4 Å². The van der Waals surface area contributed by atoms with Crippen LogP contribution in [0.25, 0.3) is 0 Å². The van der Waals surface area contributed by atoms with Crippen molar-refractivity contribution in [2.24, 2.45) is 0 Å². The maximum absolute atomic E-state index is 7.35. The van der Waals surface area contributed by atoms with E-state index in [1.54, 1.807) is 0 Å². The Morgan fingerprint density at radius 2 is 1.81 bits per heavy atom. The fourth-order valence-electron chi connectivity index (χ4n) is 1.46. The van der Waals surface area contributed by atoms with Gasteiger partial charge in [0.1, 0.15) is 0 Å². The zero-order chi connectivity index (χ0) is 14.5. The Labute approximate surface area is 101 Å². The third-order valence-electron chi connectivity index (χ3n) is 3.15. The Hall–Kier alpha value is -0.935. The summed E-state index contributed by atoms with van der Waals surface area (Å²) in [7, 11) is -0.695. The van der Waals surface area contributed by atoms with Gasteiger partial charge in [0.05, 0.1) is 22.5 Å². The zero-order valence-electron chi connectivity index (χ0n) is 12.9. The van der Waals surface area contributed by atoms with E-state index in [0.717, 1.165) is 0 Å². The molecule has 0 radical (unpaired) electrons. The quantitative estimate of drug-likeness (QED) is 0.668. The maximum atomic E-state index is 7.35. The number of hydrogen-bond acceptors (Lipinski definition) is 4. The molecule has 2 heterocycles. The Kier molecular flexibility index (Phi) is 1.81. The molecule has 1 aliphatic heterocycles. The molecule has 86 valence electrons. The highest BCUT2D eigenvalue weighted by molar-refractivity contribution is 6.61. The Balaban J connectivity index is 2.30. The summed E-state index contributed by atoms with van der Waals surface area (Å²) in [5, 5.41) is 0. The van der Waals surface area contributed by atoms with E-state index in [1.807, 2.05) is 27.7 Å². The first-order valence-corrected chi connectivity index (χ1v) is 5.21. The van der Waals surface area contributed by atoms with Crippen molar-refractivity contribution in [1.82, 2.24) is 9.97 Å². The van der Waals surface area contributed by atoms with E-state index in [0.29, 0.717) is 5.59 Å². The standard InChI is InChI=1S/C11H17BN2O2/c1-8-6-13-7-9(14-8)12-15-10(2,3)11(4,5)16-12/h6-7H,1-5H3/i1D3. The van der Waals surface area contributed by atoms with E-state index < -0.39 is 25.2 Å². The topological polar surface area (TPSA) is 44.2 Å². The lowest BCUT2D eigenvalue weighted by Gasteiger charge is -2.32. The van der Waals surface area contributed by atoms with Crippen LogP contribution in [0.5, 0.6) is 0 Å². The highest BCUT2D eigenvalue weighted by atomic mass is 16.7. The monoisotopic (exact) mass is 223 g/mol. The van der Waals surface area contributed by atoms with Crippen molar-refractivity contribution < 1.29 is 13.4 Å². The number of hydrogen-bond donors (Lipinski definition) is 0. The minimum absolute atomic E-state index is 0.0558. The van der Waals surface area contributed by atoms with Gasteiger partial charge < -0.3 is 9.31 Å². The van der Waals surface area contributed by atoms with Crippen molar-refractivity contribution in [1.29, 1.82) is 0 Å². The predicted molar refractivity (Wildman–Crippen MR) is 62.5 cm³/mol. The van der Waals surface area contributed by atoms with E-state index in [-0.39, 0.29) is 5.69 Å². The van der Waals surface area contributed by atoms with E-state index in [9.17, 15) is 0 Å². The number of aromatic nitrogens is 2. The van der Waals surface area contributed by atoms with Gasteiger partial charge in [0.25, 0.3) is 0 Å². The Morgan fingerprint density at radius 3 is 2.38 bits per heavy atom. The molecule has 5 heteroatoms. The summed E-state index contributed by atoms with van der Waals surface area (Å²) in [6, 6.07) is 0. The number of rotatable bonds is 1. The van der Waals surface area contributed by atoms with Crippen LogP contribution >= 0.6 is 0 Å². The average Bonchev–Trinajstić information content (AvgIpc) is 2.47. The first kappa shape index (κ1) is 8.20. The molecule has 0 N–H and O–H groups in total. The first-order chi connectivity index (χ1) is 8.53. The SMILES string of the molecule is [2H]C([2H])([2H])c1cncc(B2OC(C)(C)C(C)(C)O2)n1. The van der Waals surface area contributed by atoms with Gasteiger partial charge in [-0.25, -0.2) is 0 Å². The van der Waals surface area contributed by atoms with Crippen LogP contribution in [-0.2, 0) is 9.31 Å². The molecule has 0 bridgehead atoms. The Bertz CT molecular complexity index is 475. The molecule has 0 amide bonds. The summed E-state index contributed by atoms with van der Waals surface area (Å²) < 4.78 is 33.7. The van der Waals surface area contributed by atoms with E-state index in [1.165, 1.54) is 12.4 Å². The summed E-state index contributed by atoms with van der Waals surface area (Å²) in [6.45, 7) is 5.41.